The van der Waals surface area contributed by atoms with Gasteiger partial charge in [-0.3, -0.25) is 4.90 Å². The molecule has 4 rings (SSSR count). The quantitative estimate of drug-likeness (QED) is 0.845. The van der Waals surface area contributed by atoms with Gasteiger partial charge >= 0.3 is 12.0 Å². The summed E-state index contributed by atoms with van der Waals surface area (Å²) in [5.74, 6) is 0.679. The Hall–Kier alpha value is -3.48. The molecular formula is C20H18N2O5. The lowest BCUT2D eigenvalue weighted by atomic mass is 9.94. The molecule has 2 aromatic carbocycles. The first-order valence-corrected chi connectivity index (χ1v) is 8.44. The molecule has 138 valence electrons. The average Bonchev–Trinajstić information content (AvgIpc) is 3.15. The van der Waals surface area contributed by atoms with Crippen molar-refractivity contribution in [2.45, 2.75) is 13.0 Å². The standard InChI is InChI=1S/C20H18N2O5/c1-12-17(19(23)25-2)18(13-6-4-3-5-7-13)21-20(24)22(12)14-8-9-15-16(10-14)27-11-26-15/h3-10,18H,11H2,1-2H3,(H,21,24)/t18-/m0/s1. The lowest BCUT2D eigenvalue weighted by Crippen LogP contribution is -2.48. The molecule has 1 atom stereocenters. The summed E-state index contributed by atoms with van der Waals surface area (Å²) in [6.45, 7) is 1.87. The van der Waals surface area contributed by atoms with Crippen molar-refractivity contribution in [3.63, 3.8) is 0 Å². The van der Waals surface area contributed by atoms with E-state index in [1.807, 2.05) is 30.3 Å². The number of ether oxygens (including phenoxy) is 3. The van der Waals surface area contributed by atoms with Gasteiger partial charge in [-0.1, -0.05) is 30.3 Å². The molecule has 0 aliphatic carbocycles. The van der Waals surface area contributed by atoms with Gasteiger partial charge in [0.1, 0.15) is 0 Å². The number of nitrogens with zero attached hydrogens (tertiary/aromatic N) is 1. The molecule has 0 saturated carbocycles. The molecule has 2 amide bonds. The molecule has 27 heavy (non-hydrogen) atoms. The first-order chi connectivity index (χ1) is 13.1. The van der Waals surface area contributed by atoms with Crippen molar-refractivity contribution in [3.8, 4) is 11.5 Å². The molecule has 2 heterocycles. The lowest BCUT2D eigenvalue weighted by Gasteiger charge is -2.35. The van der Waals surface area contributed by atoms with Crippen LogP contribution in [0.25, 0.3) is 0 Å². The molecule has 2 aliphatic heterocycles. The normalized spacial score (nSPS) is 18.4. The van der Waals surface area contributed by atoms with E-state index in [1.165, 1.54) is 12.0 Å². The van der Waals surface area contributed by atoms with Crippen LogP contribution >= 0.6 is 0 Å². The van der Waals surface area contributed by atoms with Crippen molar-refractivity contribution in [1.29, 1.82) is 0 Å². The molecule has 7 nitrogen and oxygen atoms in total. The minimum absolute atomic E-state index is 0.142. The summed E-state index contributed by atoms with van der Waals surface area (Å²) in [6, 6.07) is 13.6. The maximum Gasteiger partial charge on any atom is 0.337 e. The SMILES string of the molecule is COC(=O)C1=C(C)N(c2ccc3c(c2)OCO3)C(=O)N[C@H]1c1ccccc1. The van der Waals surface area contributed by atoms with Crippen molar-refractivity contribution < 1.29 is 23.8 Å². The number of anilines is 1. The number of allylic oxidation sites excluding steroid dienone is 1. The fourth-order valence-corrected chi connectivity index (χ4v) is 3.35. The summed E-state index contributed by atoms with van der Waals surface area (Å²) in [4.78, 5) is 26.9. The minimum Gasteiger partial charge on any atom is -0.466 e. The van der Waals surface area contributed by atoms with Crippen LogP contribution in [0.1, 0.15) is 18.5 Å². The Morgan fingerprint density at radius 2 is 1.89 bits per heavy atom. The predicted molar refractivity (Wildman–Crippen MR) is 97.5 cm³/mol. The van der Waals surface area contributed by atoms with E-state index in [0.29, 0.717) is 28.5 Å². The van der Waals surface area contributed by atoms with Gasteiger partial charge in [-0.25, -0.2) is 9.59 Å². The monoisotopic (exact) mass is 366 g/mol. The highest BCUT2D eigenvalue weighted by atomic mass is 16.7. The molecule has 0 unspecified atom stereocenters. The van der Waals surface area contributed by atoms with Crippen molar-refractivity contribution >= 4 is 17.7 Å². The fraction of sp³-hybridized carbons (Fsp3) is 0.200. The summed E-state index contributed by atoms with van der Waals surface area (Å²) in [7, 11) is 1.33. The summed E-state index contributed by atoms with van der Waals surface area (Å²) in [6.07, 6.45) is 0. The highest BCUT2D eigenvalue weighted by Gasteiger charge is 2.37. The number of carbonyl (C=O) groups excluding carboxylic acids is 2. The topological polar surface area (TPSA) is 77.1 Å². The zero-order valence-electron chi connectivity index (χ0n) is 14.9. The van der Waals surface area contributed by atoms with Gasteiger partial charge in [-0.15, -0.1) is 0 Å². The Bertz CT molecular complexity index is 939. The van der Waals surface area contributed by atoms with Crippen LogP contribution in [-0.2, 0) is 9.53 Å². The van der Waals surface area contributed by atoms with E-state index in [-0.39, 0.29) is 12.8 Å². The van der Waals surface area contributed by atoms with Crippen LogP contribution in [-0.4, -0.2) is 25.9 Å². The van der Waals surface area contributed by atoms with Gasteiger partial charge in [0.25, 0.3) is 0 Å². The Kier molecular flexibility index (Phi) is 4.19. The number of methoxy groups -OCH3 is 1. The third-order valence-corrected chi connectivity index (χ3v) is 4.64. The molecule has 0 saturated heterocycles. The van der Waals surface area contributed by atoms with Gasteiger partial charge in [0.05, 0.1) is 24.4 Å². The van der Waals surface area contributed by atoms with Gasteiger partial charge < -0.3 is 19.5 Å². The van der Waals surface area contributed by atoms with Gasteiger partial charge in [0, 0.05) is 11.8 Å². The summed E-state index contributed by atoms with van der Waals surface area (Å²) in [5, 5.41) is 2.90. The number of hydrogen-bond donors (Lipinski definition) is 1. The van der Waals surface area contributed by atoms with E-state index >= 15 is 0 Å². The predicted octanol–water partition coefficient (Wildman–Crippen LogP) is 3.13. The van der Waals surface area contributed by atoms with E-state index in [4.69, 9.17) is 14.2 Å². The van der Waals surface area contributed by atoms with Crippen molar-refractivity contribution in [1.82, 2.24) is 5.32 Å². The summed E-state index contributed by atoms with van der Waals surface area (Å²) < 4.78 is 15.7. The lowest BCUT2D eigenvalue weighted by molar-refractivity contribution is -0.136. The van der Waals surface area contributed by atoms with Crippen LogP contribution in [0.3, 0.4) is 0 Å². The van der Waals surface area contributed by atoms with Crippen molar-refractivity contribution in [3.05, 3.63) is 65.4 Å². The molecule has 2 aromatic rings. The molecule has 1 N–H and O–H groups in total. The van der Waals surface area contributed by atoms with Crippen LogP contribution < -0.4 is 19.7 Å². The number of fused-ring (bicyclic) bond motifs is 1. The van der Waals surface area contributed by atoms with Crippen LogP contribution in [0, 0.1) is 0 Å². The van der Waals surface area contributed by atoms with E-state index in [0.717, 1.165) is 5.56 Å². The Morgan fingerprint density at radius 3 is 2.63 bits per heavy atom. The Balaban J connectivity index is 1.82. The molecule has 0 spiro atoms. The Labute approximate surface area is 156 Å². The zero-order chi connectivity index (χ0) is 19.0. The molecule has 7 heteroatoms. The first kappa shape index (κ1) is 17.0. The van der Waals surface area contributed by atoms with Crippen LogP contribution in [0.2, 0.25) is 0 Å². The van der Waals surface area contributed by atoms with E-state index < -0.39 is 12.0 Å². The molecule has 2 aliphatic rings. The van der Waals surface area contributed by atoms with E-state index in [1.54, 1.807) is 25.1 Å². The zero-order valence-corrected chi connectivity index (χ0v) is 14.9. The number of amides is 2. The molecule has 0 radical (unpaired) electrons. The highest BCUT2D eigenvalue weighted by Crippen LogP contribution is 2.39. The maximum absolute atomic E-state index is 12.9. The molecule has 0 fully saturated rings. The second-order valence-electron chi connectivity index (χ2n) is 6.16. The molecular weight excluding hydrogens is 348 g/mol. The summed E-state index contributed by atoms with van der Waals surface area (Å²) in [5.41, 5.74) is 2.25. The van der Waals surface area contributed by atoms with Crippen LogP contribution in [0.4, 0.5) is 10.5 Å². The van der Waals surface area contributed by atoms with Crippen LogP contribution in [0.5, 0.6) is 11.5 Å². The second kappa shape index (κ2) is 6.68. The number of nitrogens with one attached hydrogen (secondary N) is 1. The van der Waals surface area contributed by atoms with Crippen molar-refractivity contribution in [2.75, 3.05) is 18.8 Å². The maximum atomic E-state index is 12.9. The minimum atomic E-state index is -0.587. The van der Waals surface area contributed by atoms with Crippen molar-refractivity contribution in [2.24, 2.45) is 0 Å². The molecule has 0 bridgehead atoms. The number of hydrogen-bond acceptors (Lipinski definition) is 5. The third kappa shape index (κ3) is 2.87. The van der Waals surface area contributed by atoms with E-state index in [9.17, 15) is 9.59 Å². The summed E-state index contributed by atoms with van der Waals surface area (Å²) >= 11 is 0. The van der Waals surface area contributed by atoms with Crippen LogP contribution in [0.15, 0.2) is 59.8 Å². The van der Waals surface area contributed by atoms with E-state index in [2.05, 4.69) is 5.32 Å². The van der Waals surface area contributed by atoms with Gasteiger partial charge in [0.2, 0.25) is 6.79 Å². The fourth-order valence-electron chi connectivity index (χ4n) is 3.35. The largest absolute Gasteiger partial charge is 0.466 e. The highest BCUT2D eigenvalue weighted by molar-refractivity contribution is 6.03. The number of benzene rings is 2. The number of urea groups is 1. The molecule has 0 aromatic heterocycles. The Morgan fingerprint density at radius 1 is 1.15 bits per heavy atom. The van der Waals surface area contributed by atoms with Gasteiger partial charge in [0.15, 0.2) is 11.5 Å². The second-order valence-corrected chi connectivity index (χ2v) is 6.16. The van der Waals surface area contributed by atoms with Gasteiger partial charge in [-0.05, 0) is 24.6 Å². The third-order valence-electron chi connectivity index (χ3n) is 4.64. The number of carbonyl (C=O) groups is 2. The number of rotatable bonds is 3. The smallest absolute Gasteiger partial charge is 0.337 e. The number of esters is 1. The average molecular weight is 366 g/mol. The van der Waals surface area contributed by atoms with Gasteiger partial charge in [-0.2, -0.15) is 0 Å². The first-order valence-electron chi connectivity index (χ1n) is 8.44.